The zero-order valence-corrected chi connectivity index (χ0v) is 13.3. The molecule has 0 amide bonds. The Balaban J connectivity index is 1.76. The van der Waals surface area contributed by atoms with E-state index in [9.17, 15) is 4.79 Å². The number of carbonyl (C=O) groups is 1. The largest absolute Gasteiger partial charge is 0.375 e. The van der Waals surface area contributed by atoms with Gasteiger partial charge >= 0.3 is 0 Å². The van der Waals surface area contributed by atoms with Crippen LogP contribution in [0, 0.1) is 19.8 Å². The van der Waals surface area contributed by atoms with Crippen molar-refractivity contribution in [2.75, 3.05) is 6.61 Å². The van der Waals surface area contributed by atoms with Crippen molar-refractivity contribution < 1.29 is 9.53 Å². The second-order valence-corrected chi connectivity index (χ2v) is 6.95. The summed E-state index contributed by atoms with van der Waals surface area (Å²) in [7, 11) is 0. The standard InChI is InChI=1S/C19H26O2/c1-14-6-7-16(12-15(14)2)18(20)17-8-11-21-19(13-17)9-4-3-5-10-19/h6-7,12,17H,3-5,8-11,13H2,1-2H3. The van der Waals surface area contributed by atoms with Crippen molar-refractivity contribution in [3.05, 3.63) is 34.9 Å². The van der Waals surface area contributed by atoms with E-state index in [1.165, 1.54) is 30.4 Å². The predicted molar refractivity (Wildman–Crippen MR) is 84.7 cm³/mol. The molecule has 1 aliphatic carbocycles. The molecule has 1 aromatic rings. The van der Waals surface area contributed by atoms with Gasteiger partial charge in [0.1, 0.15) is 0 Å². The van der Waals surface area contributed by atoms with E-state index in [1.54, 1.807) is 0 Å². The first-order chi connectivity index (χ1) is 10.1. The van der Waals surface area contributed by atoms with Crippen LogP contribution in [0.25, 0.3) is 0 Å². The Bertz CT molecular complexity index is 521. The molecule has 2 aliphatic rings. The molecule has 1 unspecified atom stereocenters. The van der Waals surface area contributed by atoms with E-state index in [0.29, 0.717) is 5.78 Å². The zero-order valence-electron chi connectivity index (χ0n) is 13.3. The van der Waals surface area contributed by atoms with E-state index >= 15 is 0 Å². The van der Waals surface area contributed by atoms with E-state index in [-0.39, 0.29) is 11.5 Å². The summed E-state index contributed by atoms with van der Waals surface area (Å²) in [5, 5.41) is 0. The van der Waals surface area contributed by atoms with Crippen molar-refractivity contribution in [1.82, 2.24) is 0 Å². The van der Waals surface area contributed by atoms with Crippen molar-refractivity contribution in [1.29, 1.82) is 0 Å². The number of Topliss-reactive ketones (excluding diaryl/α,β-unsaturated/α-hetero) is 1. The fourth-order valence-electron chi connectivity index (χ4n) is 3.93. The molecule has 1 saturated carbocycles. The lowest BCUT2D eigenvalue weighted by Gasteiger charge is -2.43. The minimum atomic E-state index is 0.0105. The summed E-state index contributed by atoms with van der Waals surface area (Å²) < 4.78 is 6.11. The summed E-state index contributed by atoms with van der Waals surface area (Å²) in [6.45, 7) is 4.93. The average molecular weight is 286 g/mol. The van der Waals surface area contributed by atoms with E-state index in [1.807, 2.05) is 6.07 Å². The molecule has 1 atom stereocenters. The summed E-state index contributed by atoms with van der Waals surface area (Å²) in [6, 6.07) is 6.12. The van der Waals surface area contributed by atoms with Gasteiger partial charge in [0.15, 0.2) is 5.78 Å². The summed E-state index contributed by atoms with van der Waals surface area (Å²) in [5.74, 6) is 0.477. The van der Waals surface area contributed by atoms with Crippen LogP contribution in [0.15, 0.2) is 18.2 Å². The molecule has 114 valence electrons. The van der Waals surface area contributed by atoms with Crippen LogP contribution >= 0.6 is 0 Å². The van der Waals surface area contributed by atoms with Crippen LogP contribution in [0.4, 0.5) is 0 Å². The predicted octanol–water partition coefficient (Wildman–Crippen LogP) is 4.62. The fraction of sp³-hybridized carbons (Fsp3) is 0.632. The van der Waals surface area contributed by atoms with Gasteiger partial charge in [0.2, 0.25) is 0 Å². The third-order valence-corrected chi connectivity index (χ3v) is 5.42. The Morgan fingerprint density at radius 2 is 1.90 bits per heavy atom. The molecule has 0 radical (unpaired) electrons. The van der Waals surface area contributed by atoms with Gasteiger partial charge in [-0.3, -0.25) is 4.79 Å². The first kappa shape index (κ1) is 14.8. The number of ketones is 1. The van der Waals surface area contributed by atoms with Gasteiger partial charge in [-0.15, -0.1) is 0 Å². The smallest absolute Gasteiger partial charge is 0.166 e. The normalized spacial score (nSPS) is 25.0. The van der Waals surface area contributed by atoms with E-state index in [2.05, 4.69) is 26.0 Å². The highest BCUT2D eigenvalue weighted by Gasteiger charge is 2.40. The number of hydrogen-bond donors (Lipinski definition) is 0. The van der Waals surface area contributed by atoms with Gasteiger partial charge < -0.3 is 4.74 Å². The summed E-state index contributed by atoms with van der Waals surface area (Å²) in [4.78, 5) is 12.8. The topological polar surface area (TPSA) is 26.3 Å². The van der Waals surface area contributed by atoms with Crippen LogP contribution < -0.4 is 0 Å². The first-order valence-electron chi connectivity index (χ1n) is 8.35. The number of carbonyl (C=O) groups excluding carboxylic acids is 1. The summed E-state index contributed by atoms with van der Waals surface area (Å²) in [5.41, 5.74) is 3.36. The molecular weight excluding hydrogens is 260 g/mol. The number of hydrogen-bond acceptors (Lipinski definition) is 2. The quantitative estimate of drug-likeness (QED) is 0.742. The number of rotatable bonds is 2. The van der Waals surface area contributed by atoms with Crippen LogP contribution in [-0.2, 0) is 4.74 Å². The number of ether oxygens (including phenoxy) is 1. The SMILES string of the molecule is Cc1ccc(C(=O)C2CCOC3(CCCCC3)C2)cc1C. The molecule has 1 spiro atoms. The number of benzene rings is 1. The number of aryl methyl sites for hydroxylation is 2. The third-order valence-electron chi connectivity index (χ3n) is 5.42. The van der Waals surface area contributed by atoms with Crippen LogP contribution in [0.1, 0.15) is 66.4 Å². The van der Waals surface area contributed by atoms with E-state index < -0.39 is 0 Å². The molecule has 2 heteroatoms. The Labute approximate surface area is 127 Å². The molecule has 0 bridgehead atoms. The summed E-state index contributed by atoms with van der Waals surface area (Å²) in [6.07, 6.45) is 7.93. The Hall–Kier alpha value is -1.15. The minimum Gasteiger partial charge on any atom is -0.375 e. The molecule has 1 aliphatic heterocycles. The Morgan fingerprint density at radius 1 is 1.14 bits per heavy atom. The van der Waals surface area contributed by atoms with Crippen molar-refractivity contribution in [3.8, 4) is 0 Å². The Kier molecular flexibility index (Phi) is 4.17. The van der Waals surface area contributed by atoms with Crippen molar-refractivity contribution >= 4 is 5.78 Å². The lowest BCUT2D eigenvalue weighted by molar-refractivity contribution is -0.111. The molecule has 1 heterocycles. The van der Waals surface area contributed by atoms with Crippen molar-refractivity contribution in [2.24, 2.45) is 5.92 Å². The van der Waals surface area contributed by atoms with E-state index in [4.69, 9.17) is 4.74 Å². The van der Waals surface area contributed by atoms with Gasteiger partial charge in [-0.05, 0) is 56.7 Å². The van der Waals surface area contributed by atoms with Gasteiger partial charge in [0.05, 0.1) is 5.60 Å². The van der Waals surface area contributed by atoms with Crippen LogP contribution in [0.5, 0.6) is 0 Å². The van der Waals surface area contributed by atoms with E-state index in [0.717, 1.165) is 37.9 Å². The monoisotopic (exact) mass is 286 g/mol. The molecule has 0 aromatic heterocycles. The average Bonchev–Trinajstić information content (AvgIpc) is 2.50. The summed E-state index contributed by atoms with van der Waals surface area (Å²) >= 11 is 0. The molecule has 1 aromatic carbocycles. The first-order valence-corrected chi connectivity index (χ1v) is 8.35. The highest BCUT2D eigenvalue weighted by Crippen LogP contribution is 2.41. The zero-order chi connectivity index (χ0) is 14.9. The maximum Gasteiger partial charge on any atom is 0.166 e. The van der Waals surface area contributed by atoms with Crippen LogP contribution in [0.2, 0.25) is 0 Å². The van der Waals surface area contributed by atoms with Gasteiger partial charge in [-0.25, -0.2) is 0 Å². The maximum absolute atomic E-state index is 12.8. The molecule has 3 rings (SSSR count). The second-order valence-electron chi connectivity index (χ2n) is 6.95. The van der Waals surface area contributed by atoms with Crippen LogP contribution in [-0.4, -0.2) is 18.0 Å². The van der Waals surface area contributed by atoms with Gasteiger partial charge in [0, 0.05) is 18.1 Å². The Morgan fingerprint density at radius 3 is 2.62 bits per heavy atom. The second kappa shape index (κ2) is 5.92. The van der Waals surface area contributed by atoms with Gasteiger partial charge in [-0.1, -0.05) is 31.4 Å². The molecule has 1 saturated heterocycles. The van der Waals surface area contributed by atoms with Crippen molar-refractivity contribution in [3.63, 3.8) is 0 Å². The van der Waals surface area contributed by atoms with Crippen molar-refractivity contribution in [2.45, 2.75) is 64.4 Å². The molecule has 0 N–H and O–H groups in total. The molecular formula is C19H26O2. The van der Waals surface area contributed by atoms with Crippen LogP contribution in [0.3, 0.4) is 0 Å². The molecule has 21 heavy (non-hydrogen) atoms. The van der Waals surface area contributed by atoms with Gasteiger partial charge in [0.25, 0.3) is 0 Å². The highest BCUT2D eigenvalue weighted by molar-refractivity contribution is 5.98. The van der Waals surface area contributed by atoms with Gasteiger partial charge in [-0.2, -0.15) is 0 Å². The lowest BCUT2D eigenvalue weighted by atomic mass is 9.74. The molecule has 2 fully saturated rings. The molecule has 2 nitrogen and oxygen atoms in total. The third kappa shape index (κ3) is 3.06. The minimum absolute atomic E-state index is 0.0105. The maximum atomic E-state index is 12.8. The fourth-order valence-corrected chi connectivity index (χ4v) is 3.93. The highest BCUT2D eigenvalue weighted by atomic mass is 16.5. The lowest BCUT2D eigenvalue weighted by Crippen LogP contribution is -2.43.